The predicted octanol–water partition coefficient (Wildman–Crippen LogP) is 5.26. The standard InChI is InChI=1S/C27H36N4O2/c1-4-21-18-25-24(19-26(21)32-3)27(29-20-28-25)31-15-8-10-23(31)12-11-22(5-2)30-13-6-7-16-33-17-9-14-30/h5,10-12,18-20H,4,6-9,13-17H2,1-3H3/b12-11-,22-5+. The van der Waals surface area contributed by atoms with Crippen molar-refractivity contribution in [2.75, 3.05) is 44.9 Å². The maximum absolute atomic E-state index is 5.69. The Morgan fingerprint density at radius 1 is 1.12 bits per heavy atom. The van der Waals surface area contributed by atoms with Gasteiger partial charge in [0.05, 0.1) is 12.6 Å². The number of benzene rings is 1. The van der Waals surface area contributed by atoms with E-state index < -0.39 is 0 Å². The molecule has 0 N–H and O–H groups in total. The normalized spacial score (nSPS) is 18.4. The van der Waals surface area contributed by atoms with Gasteiger partial charge >= 0.3 is 0 Å². The van der Waals surface area contributed by atoms with Crippen molar-refractivity contribution >= 4 is 16.7 Å². The van der Waals surface area contributed by atoms with E-state index >= 15 is 0 Å². The molecule has 0 unspecified atom stereocenters. The molecule has 2 aliphatic heterocycles. The summed E-state index contributed by atoms with van der Waals surface area (Å²) in [5.41, 5.74) is 4.58. The molecule has 3 heterocycles. The molecule has 0 aliphatic carbocycles. The van der Waals surface area contributed by atoms with Crippen molar-refractivity contribution in [3.05, 3.63) is 59.7 Å². The quantitative estimate of drug-likeness (QED) is 0.562. The molecular weight excluding hydrogens is 412 g/mol. The number of methoxy groups -OCH3 is 1. The number of ether oxygens (including phenoxy) is 2. The van der Waals surface area contributed by atoms with Crippen LogP contribution in [0.5, 0.6) is 5.75 Å². The third-order valence-corrected chi connectivity index (χ3v) is 6.44. The van der Waals surface area contributed by atoms with E-state index in [0.717, 1.165) is 87.4 Å². The van der Waals surface area contributed by atoms with Crippen LogP contribution in [-0.4, -0.2) is 54.8 Å². The van der Waals surface area contributed by atoms with Gasteiger partial charge in [-0.25, -0.2) is 9.97 Å². The Balaban J connectivity index is 1.59. The lowest BCUT2D eigenvalue weighted by Gasteiger charge is -2.26. The highest BCUT2D eigenvalue weighted by Crippen LogP contribution is 2.34. The lowest BCUT2D eigenvalue weighted by molar-refractivity contribution is 0.131. The van der Waals surface area contributed by atoms with Crippen molar-refractivity contribution < 1.29 is 9.47 Å². The van der Waals surface area contributed by atoms with E-state index in [2.05, 4.69) is 70.1 Å². The zero-order valence-electron chi connectivity index (χ0n) is 20.2. The fraction of sp³-hybridized carbons (Fsp3) is 0.481. The first-order valence-corrected chi connectivity index (χ1v) is 12.2. The lowest BCUT2D eigenvalue weighted by Crippen LogP contribution is -2.25. The number of rotatable bonds is 6. The number of allylic oxidation sites excluding steroid dienone is 3. The van der Waals surface area contributed by atoms with Crippen LogP contribution < -0.4 is 9.64 Å². The summed E-state index contributed by atoms with van der Waals surface area (Å²) in [5.74, 6) is 1.84. The Morgan fingerprint density at radius 2 is 1.97 bits per heavy atom. The lowest BCUT2D eigenvalue weighted by atomic mass is 10.1. The van der Waals surface area contributed by atoms with Crippen LogP contribution >= 0.6 is 0 Å². The second kappa shape index (κ2) is 11.3. The highest BCUT2D eigenvalue weighted by molar-refractivity contribution is 5.92. The molecule has 1 aromatic carbocycles. The molecule has 0 saturated carbocycles. The van der Waals surface area contributed by atoms with E-state index in [1.165, 1.54) is 17.0 Å². The van der Waals surface area contributed by atoms with Gasteiger partial charge in [-0.2, -0.15) is 0 Å². The van der Waals surface area contributed by atoms with Gasteiger partial charge in [0.15, 0.2) is 0 Å². The zero-order valence-corrected chi connectivity index (χ0v) is 20.2. The Hall–Kier alpha value is -2.86. The zero-order chi connectivity index (χ0) is 23.0. The maximum atomic E-state index is 5.69. The molecule has 33 heavy (non-hydrogen) atoms. The molecule has 6 nitrogen and oxygen atoms in total. The molecule has 0 atom stereocenters. The molecule has 0 amide bonds. The number of aryl methyl sites for hydroxylation is 1. The molecule has 176 valence electrons. The van der Waals surface area contributed by atoms with Crippen LogP contribution in [0, 0.1) is 0 Å². The Labute approximate surface area is 197 Å². The average Bonchev–Trinajstić information content (AvgIpc) is 3.36. The van der Waals surface area contributed by atoms with Crippen LogP contribution in [0.15, 0.2) is 54.2 Å². The summed E-state index contributed by atoms with van der Waals surface area (Å²) in [4.78, 5) is 14.0. The van der Waals surface area contributed by atoms with Crippen LogP contribution in [0.1, 0.15) is 45.1 Å². The van der Waals surface area contributed by atoms with Crippen LogP contribution in [-0.2, 0) is 11.2 Å². The van der Waals surface area contributed by atoms with Gasteiger partial charge in [0.1, 0.15) is 17.9 Å². The second-order valence-corrected chi connectivity index (χ2v) is 8.51. The van der Waals surface area contributed by atoms with Crippen molar-refractivity contribution in [2.45, 2.75) is 46.0 Å². The van der Waals surface area contributed by atoms with Crippen molar-refractivity contribution in [2.24, 2.45) is 0 Å². The number of nitrogens with zero attached hydrogens (tertiary/aromatic N) is 4. The fourth-order valence-corrected chi connectivity index (χ4v) is 4.65. The SMILES string of the molecule is C/C=C(\C=C/C1=CCCN1c1ncnc2cc(CC)c(OC)cc12)N1CCCCOCCC1. The first-order chi connectivity index (χ1) is 16.2. The Kier molecular flexibility index (Phi) is 8.00. The molecule has 1 saturated heterocycles. The average molecular weight is 449 g/mol. The van der Waals surface area contributed by atoms with E-state index in [9.17, 15) is 0 Å². The summed E-state index contributed by atoms with van der Waals surface area (Å²) in [6.07, 6.45) is 15.9. The van der Waals surface area contributed by atoms with Gasteiger partial charge in [-0.1, -0.05) is 19.1 Å². The van der Waals surface area contributed by atoms with Crippen molar-refractivity contribution in [1.29, 1.82) is 0 Å². The van der Waals surface area contributed by atoms with Crippen molar-refractivity contribution in [3.63, 3.8) is 0 Å². The summed E-state index contributed by atoms with van der Waals surface area (Å²) < 4.78 is 11.3. The van der Waals surface area contributed by atoms with Gasteiger partial charge in [0.25, 0.3) is 0 Å². The molecule has 1 fully saturated rings. The molecular formula is C27H36N4O2. The van der Waals surface area contributed by atoms with Gasteiger partial charge < -0.3 is 19.3 Å². The minimum absolute atomic E-state index is 0.847. The first kappa shape index (κ1) is 23.3. The number of aromatic nitrogens is 2. The fourth-order valence-electron chi connectivity index (χ4n) is 4.65. The molecule has 6 heteroatoms. The number of hydrogen-bond donors (Lipinski definition) is 0. The predicted molar refractivity (Wildman–Crippen MR) is 135 cm³/mol. The molecule has 2 aromatic rings. The van der Waals surface area contributed by atoms with E-state index in [4.69, 9.17) is 9.47 Å². The monoisotopic (exact) mass is 448 g/mol. The van der Waals surface area contributed by atoms with E-state index in [1.54, 1.807) is 13.4 Å². The first-order valence-electron chi connectivity index (χ1n) is 12.2. The smallest absolute Gasteiger partial charge is 0.144 e. The second-order valence-electron chi connectivity index (χ2n) is 8.51. The molecule has 0 spiro atoms. The number of hydrogen-bond acceptors (Lipinski definition) is 6. The summed E-state index contributed by atoms with van der Waals surface area (Å²) in [6, 6.07) is 4.21. The van der Waals surface area contributed by atoms with Gasteiger partial charge in [-0.3, -0.25) is 0 Å². The Morgan fingerprint density at radius 3 is 2.79 bits per heavy atom. The minimum Gasteiger partial charge on any atom is -0.496 e. The molecule has 2 aliphatic rings. The van der Waals surface area contributed by atoms with E-state index in [1.807, 2.05) is 0 Å². The van der Waals surface area contributed by atoms with Crippen LogP contribution in [0.25, 0.3) is 10.9 Å². The largest absolute Gasteiger partial charge is 0.496 e. The molecule has 0 bridgehead atoms. The summed E-state index contributed by atoms with van der Waals surface area (Å²) in [7, 11) is 1.73. The number of anilines is 1. The summed E-state index contributed by atoms with van der Waals surface area (Å²) in [5, 5.41) is 1.03. The molecule has 1 aromatic heterocycles. The van der Waals surface area contributed by atoms with Gasteiger partial charge in [-0.15, -0.1) is 0 Å². The minimum atomic E-state index is 0.847. The highest BCUT2D eigenvalue weighted by Gasteiger charge is 2.20. The van der Waals surface area contributed by atoms with Crippen LogP contribution in [0.4, 0.5) is 5.82 Å². The summed E-state index contributed by atoms with van der Waals surface area (Å²) >= 11 is 0. The molecule has 0 radical (unpaired) electrons. The van der Waals surface area contributed by atoms with E-state index in [-0.39, 0.29) is 0 Å². The molecule has 4 rings (SSSR count). The van der Waals surface area contributed by atoms with Gasteiger partial charge in [0, 0.05) is 49.6 Å². The van der Waals surface area contributed by atoms with Crippen molar-refractivity contribution in [1.82, 2.24) is 14.9 Å². The third-order valence-electron chi connectivity index (χ3n) is 6.44. The van der Waals surface area contributed by atoms with Crippen molar-refractivity contribution in [3.8, 4) is 5.75 Å². The Bertz CT molecular complexity index is 1030. The van der Waals surface area contributed by atoms with Crippen LogP contribution in [0.2, 0.25) is 0 Å². The third kappa shape index (κ3) is 5.38. The number of fused-ring (bicyclic) bond motifs is 1. The summed E-state index contributed by atoms with van der Waals surface area (Å²) in [6.45, 7) is 9.01. The van der Waals surface area contributed by atoms with Crippen LogP contribution in [0.3, 0.4) is 0 Å². The van der Waals surface area contributed by atoms with Gasteiger partial charge in [0.2, 0.25) is 0 Å². The van der Waals surface area contributed by atoms with Gasteiger partial charge in [-0.05, 0) is 68.9 Å². The maximum Gasteiger partial charge on any atom is 0.144 e. The highest BCUT2D eigenvalue weighted by atomic mass is 16.5. The topological polar surface area (TPSA) is 50.7 Å². The van der Waals surface area contributed by atoms with E-state index in [0.29, 0.717) is 0 Å².